The number of carbonyl (C=O) groups is 1. The first kappa shape index (κ1) is 14.0. The number of hydrogen-bond acceptors (Lipinski definition) is 5. The first-order valence-corrected chi connectivity index (χ1v) is 7.31. The maximum absolute atomic E-state index is 11.9. The average molecular weight is 289 g/mol. The van der Waals surface area contributed by atoms with Gasteiger partial charge in [0.15, 0.2) is 0 Å². The Kier molecular flexibility index (Phi) is 3.66. The molecule has 0 amide bonds. The van der Waals surface area contributed by atoms with Crippen LogP contribution in [0.3, 0.4) is 0 Å². The lowest BCUT2D eigenvalue weighted by molar-refractivity contribution is 0.0656. The van der Waals surface area contributed by atoms with Crippen LogP contribution in [0, 0.1) is 5.41 Å². The third-order valence-corrected chi connectivity index (χ3v) is 4.57. The van der Waals surface area contributed by atoms with E-state index in [1.54, 1.807) is 0 Å². The minimum absolute atomic E-state index is 0.0195. The summed E-state index contributed by atoms with van der Waals surface area (Å²) in [5.74, 6) is -1.74. The fraction of sp³-hybridized carbons (Fsp3) is 0.545. The van der Waals surface area contributed by atoms with Crippen molar-refractivity contribution >= 4 is 16.0 Å². The fourth-order valence-corrected chi connectivity index (χ4v) is 2.91. The van der Waals surface area contributed by atoms with Crippen molar-refractivity contribution in [3.63, 3.8) is 0 Å². The van der Waals surface area contributed by atoms with Gasteiger partial charge in [0.1, 0.15) is 0 Å². The molecule has 1 saturated carbocycles. The van der Waals surface area contributed by atoms with Crippen LogP contribution in [0.4, 0.5) is 0 Å². The SMILES string of the molecule is O=C(O)c1ccc(S(=O)(=O)NCC2(CCO)CC2)o1. The molecule has 0 radical (unpaired) electrons. The number of aromatic carboxylic acids is 1. The standard InChI is InChI=1S/C11H15NO6S/c13-6-5-11(3-4-11)7-12-19(16,17)9-2-1-8(18-9)10(14)15/h1-2,12-13H,3-7H2,(H,14,15). The topological polar surface area (TPSA) is 117 Å². The number of aliphatic hydroxyl groups excluding tert-OH is 1. The smallest absolute Gasteiger partial charge is 0.371 e. The molecule has 0 spiro atoms. The van der Waals surface area contributed by atoms with E-state index in [2.05, 4.69) is 4.72 Å². The van der Waals surface area contributed by atoms with Gasteiger partial charge in [0, 0.05) is 13.2 Å². The number of carboxylic acids is 1. The molecule has 0 aromatic carbocycles. The summed E-state index contributed by atoms with van der Waals surface area (Å²) in [6, 6.07) is 2.20. The fourth-order valence-electron chi connectivity index (χ4n) is 1.83. The van der Waals surface area contributed by atoms with Gasteiger partial charge in [-0.15, -0.1) is 0 Å². The molecule has 1 aromatic heterocycles. The van der Waals surface area contributed by atoms with Crippen LogP contribution in [0.2, 0.25) is 0 Å². The zero-order valence-electron chi connectivity index (χ0n) is 10.1. The quantitative estimate of drug-likeness (QED) is 0.669. The van der Waals surface area contributed by atoms with Crippen molar-refractivity contribution in [1.82, 2.24) is 4.72 Å². The predicted molar refractivity (Wildman–Crippen MR) is 64.2 cm³/mol. The van der Waals surface area contributed by atoms with Crippen LogP contribution in [0.1, 0.15) is 29.8 Å². The average Bonchev–Trinajstić information content (AvgIpc) is 2.92. The van der Waals surface area contributed by atoms with Crippen LogP contribution in [0.5, 0.6) is 0 Å². The Balaban J connectivity index is 2.03. The van der Waals surface area contributed by atoms with Gasteiger partial charge in [-0.25, -0.2) is 17.9 Å². The molecule has 0 saturated heterocycles. The molecule has 0 aliphatic heterocycles. The normalized spacial score (nSPS) is 17.3. The molecule has 1 aliphatic carbocycles. The zero-order chi connectivity index (χ0) is 14.1. The number of nitrogens with one attached hydrogen (secondary N) is 1. The largest absolute Gasteiger partial charge is 0.475 e. The van der Waals surface area contributed by atoms with Gasteiger partial charge >= 0.3 is 5.97 Å². The highest BCUT2D eigenvalue weighted by molar-refractivity contribution is 7.89. The molecular formula is C11H15NO6S. The van der Waals surface area contributed by atoms with Crippen molar-refractivity contribution in [2.24, 2.45) is 5.41 Å². The lowest BCUT2D eigenvalue weighted by Crippen LogP contribution is -2.30. The van der Waals surface area contributed by atoms with Crippen LogP contribution in [-0.4, -0.2) is 37.8 Å². The maximum Gasteiger partial charge on any atom is 0.371 e. The van der Waals surface area contributed by atoms with Gasteiger partial charge in [-0.1, -0.05) is 0 Å². The molecule has 1 aromatic rings. The lowest BCUT2D eigenvalue weighted by Gasteiger charge is -2.13. The van der Waals surface area contributed by atoms with E-state index in [-0.39, 0.29) is 18.6 Å². The van der Waals surface area contributed by atoms with Crippen LogP contribution in [0.25, 0.3) is 0 Å². The Labute approximate surface area is 110 Å². The number of rotatable bonds is 7. The summed E-state index contributed by atoms with van der Waals surface area (Å²) in [6.45, 7) is 0.241. The molecule has 1 heterocycles. The minimum Gasteiger partial charge on any atom is -0.475 e. The highest BCUT2D eigenvalue weighted by Crippen LogP contribution is 2.48. The Morgan fingerprint density at radius 1 is 1.42 bits per heavy atom. The van der Waals surface area contributed by atoms with Crippen molar-refractivity contribution in [2.45, 2.75) is 24.4 Å². The van der Waals surface area contributed by atoms with E-state index in [0.717, 1.165) is 25.0 Å². The molecule has 1 fully saturated rings. The summed E-state index contributed by atoms with van der Waals surface area (Å²) >= 11 is 0. The molecular weight excluding hydrogens is 274 g/mol. The number of hydrogen-bond donors (Lipinski definition) is 3. The van der Waals surface area contributed by atoms with Crippen LogP contribution < -0.4 is 4.72 Å². The van der Waals surface area contributed by atoms with E-state index in [0.29, 0.717) is 6.42 Å². The monoisotopic (exact) mass is 289 g/mol. The van der Waals surface area contributed by atoms with Crippen molar-refractivity contribution in [3.05, 3.63) is 17.9 Å². The predicted octanol–water partition coefficient (Wildman–Crippen LogP) is 0.419. The summed E-state index contributed by atoms with van der Waals surface area (Å²) in [7, 11) is -3.85. The zero-order valence-corrected chi connectivity index (χ0v) is 10.9. The van der Waals surface area contributed by atoms with Crippen LogP contribution >= 0.6 is 0 Å². The Morgan fingerprint density at radius 2 is 2.11 bits per heavy atom. The summed E-state index contributed by atoms with van der Waals surface area (Å²) < 4.78 is 30.9. The summed E-state index contributed by atoms with van der Waals surface area (Å²) in [5, 5.41) is 17.1. The van der Waals surface area contributed by atoms with Crippen LogP contribution in [0.15, 0.2) is 21.6 Å². The second-order valence-corrected chi connectivity index (χ2v) is 6.42. The third-order valence-electron chi connectivity index (χ3n) is 3.29. The molecule has 106 valence electrons. The first-order chi connectivity index (χ1) is 8.88. The molecule has 1 aliphatic rings. The van der Waals surface area contributed by atoms with Crippen LogP contribution in [-0.2, 0) is 10.0 Å². The van der Waals surface area contributed by atoms with Gasteiger partial charge in [-0.2, -0.15) is 0 Å². The first-order valence-electron chi connectivity index (χ1n) is 5.82. The van der Waals surface area contributed by atoms with E-state index in [1.165, 1.54) is 0 Å². The second-order valence-electron chi connectivity index (χ2n) is 4.72. The number of sulfonamides is 1. The minimum atomic E-state index is -3.85. The van der Waals surface area contributed by atoms with Gasteiger partial charge in [0.2, 0.25) is 10.9 Å². The Hall–Kier alpha value is -1.38. The molecule has 0 atom stereocenters. The summed E-state index contributed by atoms with van der Waals surface area (Å²) in [4.78, 5) is 10.6. The van der Waals surface area contributed by atoms with Gasteiger partial charge < -0.3 is 14.6 Å². The summed E-state index contributed by atoms with van der Waals surface area (Å²) in [6.07, 6.45) is 2.29. The molecule has 19 heavy (non-hydrogen) atoms. The number of carboxylic acid groups (broad SMARTS) is 1. The molecule has 3 N–H and O–H groups in total. The molecule has 0 unspecified atom stereocenters. The molecule has 0 bridgehead atoms. The number of furan rings is 1. The van der Waals surface area contributed by atoms with Crippen molar-refractivity contribution < 1.29 is 27.8 Å². The second kappa shape index (κ2) is 4.95. The maximum atomic E-state index is 11.9. The van der Waals surface area contributed by atoms with Gasteiger partial charge in [-0.3, -0.25) is 0 Å². The molecule has 8 heteroatoms. The van der Waals surface area contributed by atoms with Crippen molar-refractivity contribution in [3.8, 4) is 0 Å². The van der Waals surface area contributed by atoms with Crippen molar-refractivity contribution in [1.29, 1.82) is 0 Å². The highest BCUT2D eigenvalue weighted by Gasteiger charge is 2.42. The highest BCUT2D eigenvalue weighted by atomic mass is 32.2. The van der Waals surface area contributed by atoms with E-state index >= 15 is 0 Å². The Morgan fingerprint density at radius 3 is 2.58 bits per heavy atom. The third kappa shape index (κ3) is 3.14. The number of aliphatic hydroxyl groups is 1. The molecule has 7 nitrogen and oxygen atoms in total. The van der Waals surface area contributed by atoms with E-state index < -0.39 is 26.8 Å². The van der Waals surface area contributed by atoms with Gasteiger partial charge in [0.05, 0.1) is 0 Å². The van der Waals surface area contributed by atoms with E-state index in [4.69, 9.17) is 14.6 Å². The van der Waals surface area contributed by atoms with E-state index in [9.17, 15) is 13.2 Å². The van der Waals surface area contributed by atoms with E-state index in [1.807, 2.05) is 0 Å². The molecule has 2 rings (SSSR count). The van der Waals surface area contributed by atoms with Gasteiger partial charge in [0.25, 0.3) is 10.0 Å². The Bertz CT molecular complexity index is 572. The summed E-state index contributed by atoms with van der Waals surface area (Å²) in [5.41, 5.74) is -0.163. The van der Waals surface area contributed by atoms with Crippen molar-refractivity contribution in [2.75, 3.05) is 13.2 Å². The lowest BCUT2D eigenvalue weighted by atomic mass is 10.0. The van der Waals surface area contributed by atoms with Gasteiger partial charge in [-0.05, 0) is 36.8 Å².